The molecule has 0 unspecified atom stereocenters. The van der Waals surface area contributed by atoms with E-state index in [1.165, 1.54) is 7.11 Å². The second kappa shape index (κ2) is 4.53. The van der Waals surface area contributed by atoms with Gasteiger partial charge in [0.15, 0.2) is 5.78 Å². The highest BCUT2D eigenvalue weighted by atomic mass is 79.9. The quantitative estimate of drug-likeness (QED) is 0.762. The van der Waals surface area contributed by atoms with Crippen molar-refractivity contribution in [1.82, 2.24) is 0 Å². The molecule has 0 bridgehead atoms. The van der Waals surface area contributed by atoms with Crippen LogP contribution in [0.2, 0.25) is 0 Å². The number of ketones is 1. The zero-order chi connectivity index (χ0) is 9.84. The van der Waals surface area contributed by atoms with Gasteiger partial charge in [-0.2, -0.15) is 0 Å². The van der Waals surface area contributed by atoms with E-state index >= 15 is 0 Å². The maximum absolute atomic E-state index is 11.4. The molecule has 0 aromatic heterocycles. The van der Waals surface area contributed by atoms with Crippen molar-refractivity contribution in [2.75, 3.05) is 13.7 Å². The van der Waals surface area contributed by atoms with Gasteiger partial charge < -0.3 is 4.74 Å². The normalized spacial score (nSPS) is 10.1. The third-order valence-corrected chi connectivity index (χ3v) is 2.65. The lowest BCUT2D eigenvalue weighted by Gasteiger charge is -2.02. The molecule has 0 spiro atoms. The van der Waals surface area contributed by atoms with Gasteiger partial charge in [-0.3, -0.25) is 4.79 Å². The summed E-state index contributed by atoms with van der Waals surface area (Å²) in [6.07, 6.45) is 0. The van der Waals surface area contributed by atoms with Crippen molar-refractivity contribution in [1.29, 1.82) is 0 Å². The van der Waals surface area contributed by atoms with Crippen LogP contribution >= 0.6 is 15.9 Å². The van der Waals surface area contributed by atoms with Gasteiger partial charge in [0, 0.05) is 17.1 Å². The number of hydrogen-bond acceptors (Lipinski definition) is 2. The van der Waals surface area contributed by atoms with Crippen molar-refractivity contribution in [3.8, 4) is 0 Å². The van der Waals surface area contributed by atoms with Crippen molar-refractivity contribution < 1.29 is 9.53 Å². The van der Waals surface area contributed by atoms with Crippen LogP contribution in [0.1, 0.15) is 15.9 Å². The summed E-state index contributed by atoms with van der Waals surface area (Å²) in [6, 6.07) is 5.52. The highest BCUT2D eigenvalue weighted by molar-refractivity contribution is 9.10. The Labute approximate surface area is 86.0 Å². The van der Waals surface area contributed by atoms with Crippen LogP contribution in [-0.4, -0.2) is 19.5 Å². The summed E-state index contributed by atoms with van der Waals surface area (Å²) >= 11 is 3.37. The van der Waals surface area contributed by atoms with Gasteiger partial charge in [-0.05, 0) is 24.6 Å². The molecule has 2 nitrogen and oxygen atoms in total. The zero-order valence-electron chi connectivity index (χ0n) is 7.63. The van der Waals surface area contributed by atoms with Crippen molar-refractivity contribution in [3.05, 3.63) is 33.8 Å². The minimum atomic E-state index is 0.0121. The number of hydrogen-bond donors (Lipinski definition) is 0. The first-order chi connectivity index (χ1) is 6.15. The molecule has 0 amide bonds. The Morgan fingerprint density at radius 3 is 2.77 bits per heavy atom. The number of benzene rings is 1. The van der Waals surface area contributed by atoms with Gasteiger partial charge in [-0.25, -0.2) is 0 Å². The van der Waals surface area contributed by atoms with Crippen LogP contribution in [0.3, 0.4) is 0 Å². The molecule has 0 heterocycles. The Hall–Kier alpha value is -0.670. The average molecular weight is 243 g/mol. The highest BCUT2D eigenvalue weighted by Crippen LogP contribution is 2.17. The number of ether oxygens (including phenoxy) is 1. The lowest BCUT2D eigenvalue weighted by Crippen LogP contribution is -2.06. The van der Waals surface area contributed by atoms with Crippen LogP contribution in [0.25, 0.3) is 0 Å². The van der Waals surface area contributed by atoms with E-state index < -0.39 is 0 Å². The molecule has 0 saturated carbocycles. The minimum absolute atomic E-state index is 0.0121. The van der Waals surface area contributed by atoms with E-state index in [1.54, 1.807) is 6.07 Å². The van der Waals surface area contributed by atoms with Gasteiger partial charge in [0.1, 0.15) is 6.61 Å². The van der Waals surface area contributed by atoms with E-state index in [0.717, 1.165) is 10.0 Å². The molecule has 70 valence electrons. The fourth-order valence-electron chi connectivity index (χ4n) is 1.03. The summed E-state index contributed by atoms with van der Waals surface area (Å²) < 4.78 is 5.78. The second-order valence-electron chi connectivity index (χ2n) is 2.82. The molecule has 1 rings (SSSR count). The Morgan fingerprint density at radius 2 is 2.23 bits per heavy atom. The summed E-state index contributed by atoms with van der Waals surface area (Å²) in [5.41, 5.74) is 1.75. The fraction of sp³-hybridized carbons (Fsp3) is 0.300. The molecule has 1 aromatic carbocycles. The predicted molar refractivity (Wildman–Crippen MR) is 55.1 cm³/mol. The average Bonchev–Trinajstić information content (AvgIpc) is 2.10. The minimum Gasteiger partial charge on any atom is -0.377 e. The van der Waals surface area contributed by atoms with Crippen LogP contribution in [0.5, 0.6) is 0 Å². The fourth-order valence-corrected chi connectivity index (χ4v) is 1.28. The molecule has 0 saturated heterocycles. The number of Topliss-reactive ketones (excluding diaryl/α,β-unsaturated/α-hetero) is 1. The molecule has 0 aliphatic rings. The molecule has 0 N–H and O–H groups in total. The number of halogens is 1. The summed E-state index contributed by atoms with van der Waals surface area (Å²) in [5.74, 6) is 0.0121. The van der Waals surface area contributed by atoms with E-state index in [9.17, 15) is 4.79 Å². The number of rotatable bonds is 3. The smallest absolute Gasteiger partial charge is 0.188 e. The van der Waals surface area contributed by atoms with Crippen LogP contribution in [0.4, 0.5) is 0 Å². The molecular formula is C10H11BrO2. The van der Waals surface area contributed by atoms with Gasteiger partial charge in [-0.15, -0.1) is 0 Å². The van der Waals surface area contributed by atoms with E-state index in [0.29, 0.717) is 5.56 Å². The highest BCUT2D eigenvalue weighted by Gasteiger charge is 2.05. The summed E-state index contributed by atoms with van der Waals surface area (Å²) in [4.78, 5) is 11.4. The molecule has 3 heteroatoms. The largest absolute Gasteiger partial charge is 0.377 e. The van der Waals surface area contributed by atoms with Crippen LogP contribution in [0, 0.1) is 6.92 Å². The van der Waals surface area contributed by atoms with E-state index in [2.05, 4.69) is 15.9 Å². The Morgan fingerprint density at radius 1 is 1.54 bits per heavy atom. The summed E-state index contributed by atoms with van der Waals surface area (Å²) in [7, 11) is 1.52. The molecule has 0 radical (unpaired) electrons. The third kappa shape index (κ3) is 2.64. The second-order valence-corrected chi connectivity index (χ2v) is 3.67. The van der Waals surface area contributed by atoms with Crippen molar-refractivity contribution >= 4 is 21.7 Å². The summed E-state index contributed by atoms with van der Waals surface area (Å²) in [5, 5.41) is 0. The van der Waals surface area contributed by atoms with Crippen LogP contribution in [0.15, 0.2) is 22.7 Å². The lowest BCUT2D eigenvalue weighted by molar-refractivity contribution is 0.0848. The van der Waals surface area contributed by atoms with Crippen LogP contribution in [-0.2, 0) is 4.74 Å². The maximum Gasteiger partial charge on any atom is 0.188 e. The van der Waals surface area contributed by atoms with E-state index in [4.69, 9.17) is 4.74 Å². The van der Waals surface area contributed by atoms with Gasteiger partial charge >= 0.3 is 0 Å². The Kier molecular flexibility index (Phi) is 3.63. The predicted octanol–water partition coefficient (Wildman–Crippen LogP) is 2.59. The Bertz CT molecular complexity index is 321. The zero-order valence-corrected chi connectivity index (χ0v) is 9.22. The van der Waals surface area contributed by atoms with E-state index in [-0.39, 0.29) is 12.4 Å². The van der Waals surface area contributed by atoms with E-state index in [1.807, 2.05) is 19.1 Å². The first-order valence-electron chi connectivity index (χ1n) is 3.93. The van der Waals surface area contributed by atoms with Gasteiger partial charge in [0.05, 0.1) is 0 Å². The first-order valence-corrected chi connectivity index (χ1v) is 4.72. The Balaban J connectivity index is 2.90. The monoisotopic (exact) mass is 242 g/mol. The topological polar surface area (TPSA) is 26.3 Å². The SMILES string of the molecule is COCC(=O)c1ccc(Br)c(C)c1. The molecule has 1 aromatic rings. The third-order valence-electron chi connectivity index (χ3n) is 1.76. The molecule has 13 heavy (non-hydrogen) atoms. The summed E-state index contributed by atoms with van der Waals surface area (Å²) in [6.45, 7) is 2.09. The molecule has 0 atom stereocenters. The number of carbonyl (C=O) groups is 1. The number of aryl methyl sites for hydroxylation is 1. The first kappa shape index (κ1) is 10.4. The number of methoxy groups -OCH3 is 1. The van der Waals surface area contributed by atoms with Gasteiger partial charge in [0.25, 0.3) is 0 Å². The van der Waals surface area contributed by atoms with Gasteiger partial charge in [-0.1, -0.05) is 22.0 Å². The molecule has 0 fully saturated rings. The standard InChI is InChI=1S/C10H11BrO2/c1-7-5-8(3-4-9(7)11)10(12)6-13-2/h3-5H,6H2,1-2H3. The molecule has 0 aliphatic heterocycles. The van der Waals surface area contributed by atoms with Crippen molar-refractivity contribution in [2.45, 2.75) is 6.92 Å². The lowest BCUT2D eigenvalue weighted by atomic mass is 10.1. The van der Waals surface area contributed by atoms with Crippen LogP contribution < -0.4 is 0 Å². The van der Waals surface area contributed by atoms with Crippen molar-refractivity contribution in [2.24, 2.45) is 0 Å². The molecule has 0 aliphatic carbocycles. The number of carbonyl (C=O) groups excluding carboxylic acids is 1. The maximum atomic E-state index is 11.4. The molecular weight excluding hydrogens is 232 g/mol. The van der Waals surface area contributed by atoms with Crippen molar-refractivity contribution in [3.63, 3.8) is 0 Å². The van der Waals surface area contributed by atoms with Gasteiger partial charge in [0.2, 0.25) is 0 Å².